The van der Waals surface area contributed by atoms with Gasteiger partial charge >= 0.3 is 0 Å². The number of para-hydroxylation sites is 1. The number of benzene rings is 1. The Morgan fingerprint density at radius 2 is 2.40 bits per heavy atom. The molecule has 1 aromatic rings. The van der Waals surface area contributed by atoms with Crippen molar-refractivity contribution in [1.29, 1.82) is 0 Å². The lowest BCUT2D eigenvalue weighted by atomic mass is 10.1. The Hall–Kier alpha value is -1.11. The molecule has 0 N–H and O–H groups in total. The Balaban J connectivity index is 2.39. The second kappa shape index (κ2) is 1.94. The van der Waals surface area contributed by atoms with Gasteiger partial charge in [-0.1, -0.05) is 18.2 Å². The predicted molar refractivity (Wildman–Crippen MR) is 42.9 cm³/mol. The van der Waals surface area contributed by atoms with Crippen molar-refractivity contribution in [3.8, 4) is 0 Å². The number of hydrogen-bond donors (Lipinski definition) is 0. The molecule has 10 heavy (non-hydrogen) atoms. The first-order valence-electron chi connectivity index (χ1n) is 4.04. The van der Waals surface area contributed by atoms with Gasteiger partial charge in [-0.2, -0.15) is 0 Å². The van der Waals surface area contributed by atoms with E-state index in [0.717, 1.165) is 17.8 Å². The van der Waals surface area contributed by atoms with E-state index in [1.165, 1.54) is 5.56 Å². The van der Waals surface area contributed by atoms with Crippen molar-refractivity contribution >= 4 is 11.4 Å². The van der Waals surface area contributed by atoms with Crippen LogP contribution >= 0.6 is 0 Å². The maximum atomic E-state index is 7.14. The number of rotatable bonds is 0. The average molecular weight is 132 g/mol. The summed E-state index contributed by atoms with van der Waals surface area (Å²) < 4.78 is 7.14. The third-order valence-corrected chi connectivity index (χ3v) is 1.66. The largest absolute Gasteiger partial charge is 0.257 e. The smallest absolute Gasteiger partial charge is 0.0664 e. The summed E-state index contributed by atoms with van der Waals surface area (Å²) in [6.07, 6.45) is 0.875. The van der Waals surface area contributed by atoms with Gasteiger partial charge in [0.25, 0.3) is 0 Å². The molecule has 0 amide bonds. The molecular formula is C9H9N. The standard InChI is InChI=1S/C9H9N/c1-7-6-8-4-2-3-5-9(8)10-7/h2-5H,6H2,1H3/i1D. The third-order valence-electron chi connectivity index (χ3n) is 1.66. The molecule has 0 spiro atoms. The minimum absolute atomic E-state index is 0.328. The first kappa shape index (κ1) is 4.67. The van der Waals surface area contributed by atoms with Gasteiger partial charge in [-0.05, 0) is 18.5 Å². The molecular weight excluding hydrogens is 122 g/mol. The third kappa shape index (κ3) is 0.747. The molecule has 1 aromatic carbocycles. The van der Waals surface area contributed by atoms with E-state index < -0.39 is 0 Å². The van der Waals surface area contributed by atoms with E-state index >= 15 is 0 Å². The molecule has 1 heteroatoms. The average Bonchev–Trinajstić information content (AvgIpc) is 2.46. The normalized spacial score (nSPS) is 16.0. The summed E-state index contributed by atoms with van der Waals surface area (Å²) in [7, 11) is 0. The van der Waals surface area contributed by atoms with Crippen LogP contribution in [0.4, 0.5) is 5.69 Å². The van der Waals surface area contributed by atoms with E-state index in [0.29, 0.717) is 6.90 Å². The van der Waals surface area contributed by atoms with Crippen LogP contribution in [0.3, 0.4) is 0 Å². The summed E-state index contributed by atoms with van der Waals surface area (Å²) in [5.41, 5.74) is 3.29. The van der Waals surface area contributed by atoms with Crippen molar-refractivity contribution in [3.63, 3.8) is 0 Å². The highest BCUT2D eigenvalue weighted by Gasteiger charge is 2.08. The van der Waals surface area contributed by atoms with Gasteiger partial charge in [0.05, 0.1) is 5.69 Å². The number of hydrogen-bond acceptors (Lipinski definition) is 1. The van der Waals surface area contributed by atoms with Crippen molar-refractivity contribution in [3.05, 3.63) is 29.8 Å². The molecule has 1 heterocycles. The van der Waals surface area contributed by atoms with E-state index in [-0.39, 0.29) is 0 Å². The van der Waals surface area contributed by atoms with E-state index in [9.17, 15) is 0 Å². The van der Waals surface area contributed by atoms with Crippen LogP contribution in [0.15, 0.2) is 29.3 Å². The van der Waals surface area contributed by atoms with Crippen LogP contribution in [0.1, 0.15) is 13.8 Å². The Labute approximate surface area is 61.8 Å². The van der Waals surface area contributed by atoms with E-state index in [4.69, 9.17) is 1.37 Å². The second-order valence-corrected chi connectivity index (χ2v) is 2.48. The second-order valence-electron chi connectivity index (χ2n) is 2.48. The van der Waals surface area contributed by atoms with Crippen LogP contribution in [0, 0.1) is 0 Å². The quantitative estimate of drug-likeness (QED) is 0.513. The molecule has 0 aromatic heterocycles. The molecule has 0 saturated carbocycles. The van der Waals surface area contributed by atoms with Crippen LogP contribution in [0.25, 0.3) is 0 Å². The lowest BCUT2D eigenvalue weighted by Crippen LogP contribution is -1.87. The van der Waals surface area contributed by atoms with Gasteiger partial charge in [-0.3, -0.25) is 4.99 Å². The van der Waals surface area contributed by atoms with Gasteiger partial charge in [-0.25, -0.2) is 0 Å². The van der Waals surface area contributed by atoms with Gasteiger partial charge in [0, 0.05) is 13.5 Å². The lowest BCUT2D eigenvalue weighted by Gasteiger charge is -1.91. The van der Waals surface area contributed by atoms with Gasteiger partial charge in [0.15, 0.2) is 0 Å². The summed E-state index contributed by atoms with van der Waals surface area (Å²) in [6, 6.07) is 8.07. The highest BCUT2D eigenvalue weighted by molar-refractivity contribution is 5.91. The molecule has 2 rings (SSSR count). The van der Waals surface area contributed by atoms with Gasteiger partial charge in [-0.15, -0.1) is 0 Å². The molecule has 50 valence electrons. The molecule has 0 atom stereocenters. The number of aliphatic imine (C=N–C) groups is 1. The molecule has 0 unspecified atom stereocenters. The van der Waals surface area contributed by atoms with Gasteiger partial charge in [0.2, 0.25) is 0 Å². The fraction of sp³-hybridized carbons (Fsp3) is 0.222. The van der Waals surface area contributed by atoms with Crippen molar-refractivity contribution in [1.82, 2.24) is 0 Å². The topological polar surface area (TPSA) is 12.4 Å². The molecule has 0 saturated heterocycles. The van der Waals surface area contributed by atoms with Crippen LogP contribution in [-0.4, -0.2) is 5.71 Å². The molecule has 0 bridgehead atoms. The lowest BCUT2D eigenvalue weighted by molar-refractivity contribution is 1.39. The summed E-state index contributed by atoms with van der Waals surface area (Å²) in [6.45, 7) is 0.328. The van der Waals surface area contributed by atoms with Crippen LogP contribution in [0.5, 0.6) is 0 Å². The zero-order chi connectivity index (χ0) is 7.68. The Morgan fingerprint density at radius 1 is 1.50 bits per heavy atom. The number of nitrogens with zero attached hydrogens (tertiary/aromatic N) is 1. The van der Waals surface area contributed by atoms with E-state index in [1.54, 1.807) is 0 Å². The summed E-state index contributed by atoms with van der Waals surface area (Å²) in [5.74, 6) is 0. The first-order chi connectivity index (χ1) is 5.40. The molecule has 1 aliphatic heterocycles. The highest BCUT2D eigenvalue weighted by atomic mass is 14.8. The summed E-state index contributed by atoms with van der Waals surface area (Å²) in [4.78, 5) is 4.30. The monoisotopic (exact) mass is 132 g/mol. The minimum Gasteiger partial charge on any atom is -0.257 e. The Kier molecular flexibility index (Phi) is 0.906. The highest BCUT2D eigenvalue weighted by Crippen LogP contribution is 2.25. The van der Waals surface area contributed by atoms with E-state index in [2.05, 4.69) is 11.1 Å². The Morgan fingerprint density at radius 3 is 3.20 bits per heavy atom. The fourth-order valence-electron chi connectivity index (χ4n) is 1.20. The summed E-state index contributed by atoms with van der Waals surface area (Å²) >= 11 is 0. The van der Waals surface area contributed by atoms with Gasteiger partial charge < -0.3 is 0 Å². The minimum atomic E-state index is 0.328. The van der Waals surface area contributed by atoms with Crippen LogP contribution < -0.4 is 0 Å². The van der Waals surface area contributed by atoms with Crippen molar-refractivity contribution in [2.75, 3.05) is 0 Å². The predicted octanol–water partition coefficient (Wildman–Crippen LogP) is 2.34. The van der Waals surface area contributed by atoms with E-state index in [1.807, 2.05) is 18.2 Å². The van der Waals surface area contributed by atoms with Crippen molar-refractivity contribution < 1.29 is 1.37 Å². The zero-order valence-electron chi connectivity index (χ0n) is 6.67. The van der Waals surface area contributed by atoms with Gasteiger partial charge in [0.1, 0.15) is 0 Å². The molecule has 0 radical (unpaired) electrons. The molecule has 0 aliphatic carbocycles. The molecule has 1 nitrogen and oxygen atoms in total. The number of fused-ring (bicyclic) bond motifs is 1. The van der Waals surface area contributed by atoms with Crippen LogP contribution in [-0.2, 0) is 6.42 Å². The first-order valence-corrected chi connectivity index (χ1v) is 3.34. The maximum Gasteiger partial charge on any atom is 0.0664 e. The zero-order valence-corrected chi connectivity index (χ0v) is 5.67. The Bertz CT molecular complexity index is 304. The molecule has 1 aliphatic rings. The van der Waals surface area contributed by atoms with Crippen molar-refractivity contribution in [2.24, 2.45) is 4.99 Å². The fourth-order valence-corrected chi connectivity index (χ4v) is 1.20. The summed E-state index contributed by atoms with van der Waals surface area (Å²) in [5, 5.41) is 0. The van der Waals surface area contributed by atoms with Crippen molar-refractivity contribution in [2.45, 2.75) is 13.3 Å². The maximum absolute atomic E-state index is 7.14. The SMILES string of the molecule is [2H]CC1=Nc2ccccc2C1. The van der Waals surface area contributed by atoms with Crippen LogP contribution in [0.2, 0.25) is 0 Å². The molecule has 0 fully saturated rings.